The summed E-state index contributed by atoms with van der Waals surface area (Å²) in [4.78, 5) is 12.5. The smallest absolute Gasteiger partial charge is 0.155 e. The van der Waals surface area contributed by atoms with Gasteiger partial charge in [-0.1, -0.05) is 39.0 Å². The quantitative estimate of drug-likeness (QED) is 0.782. The summed E-state index contributed by atoms with van der Waals surface area (Å²) in [5, 5.41) is 0. The highest BCUT2D eigenvalue weighted by molar-refractivity contribution is 5.90. The molecule has 0 saturated heterocycles. The van der Waals surface area contributed by atoms with Gasteiger partial charge in [-0.2, -0.15) is 0 Å². The molecule has 16 heavy (non-hydrogen) atoms. The van der Waals surface area contributed by atoms with Crippen LogP contribution in [0.1, 0.15) is 64.7 Å². The molecule has 0 atom stereocenters. The molecule has 0 unspecified atom stereocenters. The van der Waals surface area contributed by atoms with Crippen molar-refractivity contribution < 1.29 is 4.79 Å². The summed E-state index contributed by atoms with van der Waals surface area (Å²) in [7, 11) is 0. The van der Waals surface area contributed by atoms with Crippen molar-refractivity contribution in [3.8, 4) is 0 Å². The fourth-order valence-corrected chi connectivity index (χ4v) is 3.36. The normalized spacial score (nSPS) is 34.6. The van der Waals surface area contributed by atoms with E-state index in [1.54, 1.807) is 0 Å². The van der Waals surface area contributed by atoms with Gasteiger partial charge in [0.1, 0.15) is 0 Å². The van der Waals surface area contributed by atoms with E-state index in [2.05, 4.69) is 6.92 Å². The summed E-state index contributed by atoms with van der Waals surface area (Å²) >= 11 is 0. The second-order valence-electron chi connectivity index (χ2n) is 6.04. The Labute approximate surface area is 99.0 Å². The van der Waals surface area contributed by atoms with Gasteiger partial charge in [-0.3, -0.25) is 4.79 Å². The minimum Gasteiger partial charge on any atom is -0.319 e. The molecule has 0 aromatic rings. The highest BCUT2D eigenvalue weighted by atomic mass is 16.1. The summed E-state index contributed by atoms with van der Waals surface area (Å²) in [6.07, 6.45) is 10.00. The molecule has 2 N–H and O–H groups in total. The zero-order chi connectivity index (χ0) is 11.6. The van der Waals surface area contributed by atoms with Gasteiger partial charge >= 0.3 is 0 Å². The molecule has 2 nitrogen and oxygen atoms in total. The van der Waals surface area contributed by atoms with Gasteiger partial charge in [-0.15, -0.1) is 0 Å². The number of hydrogen-bond acceptors (Lipinski definition) is 2. The van der Waals surface area contributed by atoms with Crippen molar-refractivity contribution in [2.24, 2.45) is 17.6 Å². The Balaban J connectivity index is 1.95. The van der Waals surface area contributed by atoms with Crippen LogP contribution in [0.4, 0.5) is 0 Å². The molecule has 0 aromatic carbocycles. The molecule has 0 amide bonds. The summed E-state index contributed by atoms with van der Waals surface area (Å²) in [5.41, 5.74) is 5.86. The summed E-state index contributed by atoms with van der Waals surface area (Å²) in [5.74, 6) is 1.47. The number of nitrogens with two attached hydrogens (primary N) is 1. The second-order valence-corrected chi connectivity index (χ2v) is 6.04. The SMILES string of the molecule is CC1CCC(C(=O)C2(N)CCCCC2)CC1. The van der Waals surface area contributed by atoms with Gasteiger partial charge in [0.2, 0.25) is 0 Å². The van der Waals surface area contributed by atoms with E-state index in [0.29, 0.717) is 5.78 Å². The van der Waals surface area contributed by atoms with Gasteiger partial charge < -0.3 is 5.73 Å². The van der Waals surface area contributed by atoms with E-state index in [1.807, 2.05) is 0 Å². The molecule has 2 saturated carbocycles. The average molecular weight is 223 g/mol. The third kappa shape index (κ3) is 2.48. The number of carbonyl (C=O) groups is 1. The summed E-state index contributed by atoms with van der Waals surface area (Å²) < 4.78 is 0. The van der Waals surface area contributed by atoms with Gasteiger partial charge in [0.15, 0.2) is 5.78 Å². The summed E-state index contributed by atoms with van der Waals surface area (Å²) in [6.45, 7) is 2.29. The molecule has 0 radical (unpaired) electrons. The Morgan fingerprint density at radius 3 is 2.19 bits per heavy atom. The van der Waals surface area contributed by atoms with E-state index < -0.39 is 5.54 Å². The number of rotatable bonds is 2. The van der Waals surface area contributed by atoms with Gasteiger partial charge in [0.25, 0.3) is 0 Å². The molecule has 2 heteroatoms. The second kappa shape index (κ2) is 4.87. The zero-order valence-corrected chi connectivity index (χ0v) is 10.5. The molecule has 0 heterocycles. The minimum absolute atomic E-state index is 0.277. The van der Waals surface area contributed by atoms with Crippen molar-refractivity contribution >= 4 is 5.78 Å². The van der Waals surface area contributed by atoms with Crippen molar-refractivity contribution in [3.05, 3.63) is 0 Å². The molecular formula is C14H25NO. The first kappa shape index (κ1) is 12.1. The molecule has 0 bridgehead atoms. The molecule has 0 spiro atoms. The molecule has 0 aromatic heterocycles. The maximum atomic E-state index is 12.5. The number of carbonyl (C=O) groups excluding carboxylic acids is 1. The van der Waals surface area contributed by atoms with Crippen LogP contribution in [0.3, 0.4) is 0 Å². The Morgan fingerprint density at radius 1 is 1.06 bits per heavy atom. The van der Waals surface area contributed by atoms with Crippen molar-refractivity contribution in [1.82, 2.24) is 0 Å². The first-order valence-corrected chi connectivity index (χ1v) is 6.95. The van der Waals surface area contributed by atoms with Crippen LogP contribution in [0.5, 0.6) is 0 Å². The molecule has 2 fully saturated rings. The average Bonchev–Trinajstić information content (AvgIpc) is 2.30. The Hall–Kier alpha value is -0.370. The van der Waals surface area contributed by atoms with E-state index >= 15 is 0 Å². The van der Waals surface area contributed by atoms with Crippen LogP contribution >= 0.6 is 0 Å². The lowest BCUT2D eigenvalue weighted by atomic mass is 9.71. The molecule has 2 aliphatic rings. The zero-order valence-electron chi connectivity index (χ0n) is 10.5. The standard InChI is InChI=1S/C14H25NO/c1-11-5-7-12(8-6-11)13(16)14(15)9-3-2-4-10-14/h11-12H,2-10,15H2,1H3. The first-order valence-electron chi connectivity index (χ1n) is 6.95. The lowest BCUT2D eigenvalue weighted by Crippen LogP contribution is -2.52. The van der Waals surface area contributed by atoms with Crippen molar-refractivity contribution in [3.63, 3.8) is 0 Å². The lowest BCUT2D eigenvalue weighted by Gasteiger charge is -2.36. The number of hydrogen-bond donors (Lipinski definition) is 1. The van der Waals surface area contributed by atoms with Gasteiger partial charge in [-0.05, 0) is 31.6 Å². The topological polar surface area (TPSA) is 43.1 Å². The maximum Gasteiger partial charge on any atom is 0.155 e. The van der Waals surface area contributed by atoms with Crippen LogP contribution in [0.25, 0.3) is 0 Å². The van der Waals surface area contributed by atoms with Crippen LogP contribution in [0.15, 0.2) is 0 Å². The fraction of sp³-hybridized carbons (Fsp3) is 0.929. The van der Waals surface area contributed by atoms with Crippen LogP contribution in [-0.4, -0.2) is 11.3 Å². The predicted octanol–water partition coefficient (Wildman–Crippen LogP) is 3.04. The minimum atomic E-state index is -0.455. The van der Waals surface area contributed by atoms with Gasteiger partial charge in [-0.25, -0.2) is 0 Å². The van der Waals surface area contributed by atoms with Gasteiger partial charge in [0, 0.05) is 5.92 Å². The molecule has 92 valence electrons. The number of ketones is 1. The summed E-state index contributed by atoms with van der Waals surface area (Å²) in [6, 6.07) is 0. The maximum absolute atomic E-state index is 12.5. The number of Topliss-reactive ketones (excluding diaryl/α,β-unsaturated/α-hetero) is 1. The molecular weight excluding hydrogens is 198 g/mol. The van der Waals surface area contributed by atoms with E-state index in [9.17, 15) is 4.79 Å². The van der Waals surface area contributed by atoms with E-state index in [1.165, 1.54) is 19.3 Å². The van der Waals surface area contributed by atoms with Crippen molar-refractivity contribution in [1.29, 1.82) is 0 Å². The van der Waals surface area contributed by atoms with E-state index in [0.717, 1.165) is 44.4 Å². The Morgan fingerprint density at radius 2 is 1.62 bits per heavy atom. The molecule has 0 aliphatic heterocycles. The lowest BCUT2D eigenvalue weighted by molar-refractivity contribution is -0.130. The van der Waals surface area contributed by atoms with Crippen LogP contribution in [0, 0.1) is 11.8 Å². The molecule has 2 aliphatic carbocycles. The third-order valence-corrected chi connectivity index (χ3v) is 4.62. The fourth-order valence-electron chi connectivity index (χ4n) is 3.36. The van der Waals surface area contributed by atoms with Gasteiger partial charge in [0.05, 0.1) is 5.54 Å². The third-order valence-electron chi connectivity index (χ3n) is 4.62. The molecule has 2 rings (SSSR count). The van der Waals surface area contributed by atoms with Crippen LogP contribution in [0.2, 0.25) is 0 Å². The van der Waals surface area contributed by atoms with Crippen LogP contribution < -0.4 is 5.73 Å². The van der Waals surface area contributed by atoms with Crippen molar-refractivity contribution in [2.45, 2.75) is 70.3 Å². The largest absolute Gasteiger partial charge is 0.319 e. The Kier molecular flexibility index (Phi) is 3.68. The van der Waals surface area contributed by atoms with E-state index in [4.69, 9.17) is 5.73 Å². The monoisotopic (exact) mass is 223 g/mol. The first-order chi connectivity index (χ1) is 7.62. The Bertz CT molecular complexity index is 247. The predicted molar refractivity (Wildman–Crippen MR) is 66.1 cm³/mol. The van der Waals surface area contributed by atoms with Crippen LogP contribution in [-0.2, 0) is 4.79 Å². The highest BCUT2D eigenvalue weighted by Crippen LogP contribution is 2.35. The van der Waals surface area contributed by atoms with Crippen molar-refractivity contribution in [2.75, 3.05) is 0 Å². The highest BCUT2D eigenvalue weighted by Gasteiger charge is 2.39. The van der Waals surface area contributed by atoms with E-state index in [-0.39, 0.29) is 5.92 Å².